The number of aromatic nitrogens is 2. The average molecular weight is 497 g/mol. The van der Waals surface area contributed by atoms with Crippen molar-refractivity contribution >= 4 is 56.2 Å². The molecule has 7 nitrogen and oxygen atoms in total. The van der Waals surface area contributed by atoms with Crippen LogP contribution in [-0.2, 0) is 10.0 Å². The lowest BCUT2D eigenvalue weighted by Gasteiger charge is -2.30. The van der Waals surface area contributed by atoms with Crippen molar-refractivity contribution in [2.24, 2.45) is 0 Å². The fraction of sp³-hybridized carbons (Fsp3) is 0.250. The van der Waals surface area contributed by atoms with Gasteiger partial charge >= 0.3 is 0 Å². The number of carbonyl (C=O) groups excluding carboxylic acids is 1. The second-order valence-electron chi connectivity index (χ2n) is 7.05. The van der Waals surface area contributed by atoms with Crippen molar-refractivity contribution in [1.29, 1.82) is 0 Å². The monoisotopic (exact) mass is 496 g/mol. The second-order valence-corrected chi connectivity index (χ2v) is 10.9. The summed E-state index contributed by atoms with van der Waals surface area (Å²) in [6.45, 7) is 0.728. The highest BCUT2D eigenvalue weighted by atomic mass is 35.5. The third-order valence-corrected chi connectivity index (χ3v) is 8.40. The van der Waals surface area contributed by atoms with E-state index in [4.69, 9.17) is 23.2 Å². The number of nitrogens with one attached hydrogen (secondary N) is 1. The van der Waals surface area contributed by atoms with E-state index in [1.54, 1.807) is 42.5 Å². The van der Waals surface area contributed by atoms with Crippen LogP contribution in [0.4, 0.5) is 5.69 Å². The van der Waals surface area contributed by atoms with Gasteiger partial charge in [0.15, 0.2) is 0 Å². The molecular weight excluding hydrogens is 479 g/mol. The lowest BCUT2D eigenvalue weighted by Crippen LogP contribution is -2.37. The summed E-state index contributed by atoms with van der Waals surface area (Å²) in [5.41, 5.74) is 0.578. The molecule has 0 bridgehead atoms. The van der Waals surface area contributed by atoms with E-state index in [0.29, 0.717) is 41.7 Å². The predicted octanol–water partition coefficient (Wildman–Crippen LogP) is 4.67. The predicted molar refractivity (Wildman–Crippen MR) is 122 cm³/mol. The minimum Gasteiger partial charge on any atom is -0.320 e. The Morgan fingerprint density at radius 1 is 1.03 bits per heavy atom. The zero-order valence-electron chi connectivity index (χ0n) is 16.2. The van der Waals surface area contributed by atoms with Gasteiger partial charge in [-0.3, -0.25) is 4.79 Å². The zero-order chi connectivity index (χ0) is 22.0. The van der Waals surface area contributed by atoms with Gasteiger partial charge in [-0.1, -0.05) is 46.7 Å². The molecule has 0 aliphatic carbocycles. The first-order valence-electron chi connectivity index (χ1n) is 9.49. The fourth-order valence-corrected chi connectivity index (χ4v) is 6.23. The Morgan fingerprint density at radius 2 is 1.71 bits per heavy atom. The van der Waals surface area contributed by atoms with E-state index in [2.05, 4.69) is 15.5 Å². The molecule has 11 heteroatoms. The molecule has 3 aromatic rings. The maximum Gasteiger partial charge on any atom is 0.286 e. The van der Waals surface area contributed by atoms with Gasteiger partial charge in [0.1, 0.15) is 5.01 Å². The van der Waals surface area contributed by atoms with E-state index in [9.17, 15) is 13.2 Å². The summed E-state index contributed by atoms with van der Waals surface area (Å²) in [5.74, 6) is -0.303. The van der Waals surface area contributed by atoms with Crippen LogP contribution in [0.25, 0.3) is 0 Å². The highest BCUT2D eigenvalue weighted by Crippen LogP contribution is 2.33. The van der Waals surface area contributed by atoms with Crippen molar-refractivity contribution in [3.8, 4) is 0 Å². The number of hydrogen-bond donors (Lipinski definition) is 1. The number of hydrogen-bond acceptors (Lipinski definition) is 6. The van der Waals surface area contributed by atoms with E-state index in [1.807, 2.05) is 0 Å². The van der Waals surface area contributed by atoms with Gasteiger partial charge in [0.05, 0.1) is 4.90 Å². The van der Waals surface area contributed by atoms with Gasteiger partial charge in [0.25, 0.3) is 5.91 Å². The first-order chi connectivity index (χ1) is 14.8. The minimum absolute atomic E-state index is 0.0519. The molecule has 1 aromatic heterocycles. The summed E-state index contributed by atoms with van der Waals surface area (Å²) >= 11 is 13.1. The summed E-state index contributed by atoms with van der Waals surface area (Å²) in [5, 5.41) is 12.8. The first-order valence-corrected chi connectivity index (χ1v) is 12.5. The Kier molecular flexibility index (Phi) is 6.59. The number of nitrogens with zero attached hydrogens (tertiary/aromatic N) is 3. The Morgan fingerprint density at radius 3 is 2.39 bits per heavy atom. The van der Waals surface area contributed by atoms with Gasteiger partial charge in [-0.15, -0.1) is 10.2 Å². The minimum atomic E-state index is -3.60. The normalized spacial score (nSPS) is 15.7. The van der Waals surface area contributed by atoms with Crippen LogP contribution >= 0.6 is 34.5 Å². The number of halogens is 2. The highest BCUT2D eigenvalue weighted by molar-refractivity contribution is 7.89. The summed E-state index contributed by atoms with van der Waals surface area (Å²) < 4.78 is 27.2. The maximum absolute atomic E-state index is 12.9. The van der Waals surface area contributed by atoms with Crippen molar-refractivity contribution in [3.63, 3.8) is 0 Å². The molecule has 0 radical (unpaired) electrons. The molecule has 0 unspecified atom stereocenters. The highest BCUT2D eigenvalue weighted by Gasteiger charge is 2.31. The standard InChI is InChI=1S/C20H18Cl2N4O3S2/c21-14-3-1-5-16(11-14)23-18(27)20-25-24-19(30-20)13-7-9-26(10-8-13)31(28,29)17-6-2-4-15(22)12-17/h1-6,11-13H,7-10H2,(H,23,27). The van der Waals surface area contributed by atoms with Crippen LogP contribution in [0.1, 0.15) is 33.6 Å². The van der Waals surface area contributed by atoms with Crippen molar-refractivity contribution in [3.05, 3.63) is 68.6 Å². The fourth-order valence-electron chi connectivity index (χ4n) is 3.36. The van der Waals surface area contributed by atoms with E-state index in [1.165, 1.54) is 21.7 Å². The largest absolute Gasteiger partial charge is 0.320 e. The molecule has 0 spiro atoms. The van der Waals surface area contributed by atoms with Crippen molar-refractivity contribution in [1.82, 2.24) is 14.5 Å². The summed E-state index contributed by atoms with van der Waals surface area (Å²) in [4.78, 5) is 12.6. The lowest BCUT2D eigenvalue weighted by atomic mass is 9.99. The molecule has 4 rings (SSSR count). The number of carbonyl (C=O) groups is 1. The molecule has 1 aliphatic rings. The van der Waals surface area contributed by atoms with E-state index < -0.39 is 10.0 Å². The van der Waals surface area contributed by atoms with Gasteiger partial charge in [-0.2, -0.15) is 4.31 Å². The summed E-state index contributed by atoms with van der Waals surface area (Å²) in [6, 6.07) is 13.1. The van der Waals surface area contributed by atoms with Crippen LogP contribution in [0.2, 0.25) is 10.0 Å². The smallest absolute Gasteiger partial charge is 0.286 e. The number of rotatable bonds is 5. The first kappa shape index (κ1) is 22.2. The molecule has 1 N–H and O–H groups in total. The molecule has 1 fully saturated rings. The third-order valence-electron chi connectivity index (χ3n) is 4.95. The van der Waals surface area contributed by atoms with Crippen LogP contribution in [0.5, 0.6) is 0 Å². The molecule has 162 valence electrons. The average Bonchev–Trinajstić information content (AvgIpc) is 3.24. The van der Waals surface area contributed by atoms with Crippen LogP contribution < -0.4 is 5.32 Å². The zero-order valence-corrected chi connectivity index (χ0v) is 19.3. The molecular formula is C20H18Cl2N4O3S2. The second kappa shape index (κ2) is 9.22. The molecule has 1 aliphatic heterocycles. The van der Waals surface area contributed by atoms with Crippen molar-refractivity contribution < 1.29 is 13.2 Å². The molecule has 31 heavy (non-hydrogen) atoms. The molecule has 1 amide bonds. The molecule has 1 saturated heterocycles. The maximum atomic E-state index is 12.9. The quantitative estimate of drug-likeness (QED) is 0.554. The van der Waals surface area contributed by atoms with E-state index in [0.717, 1.165) is 5.01 Å². The molecule has 2 heterocycles. The third kappa shape index (κ3) is 5.07. The van der Waals surface area contributed by atoms with Crippen LogP contribution in [0.3, 0.4) is 0 Å². The van der Waals surface area contributed by atoms with Crippen LogP contribution in [0.15, 0.2) is 53.4 Å². The Hall–Kier alpha value is -2.04. The number of anilines is 1. The van der Waals surface area contributed by atoms with Gasteiger partial charge < -0.3 is 5.32 Å². The van der Waals surface area contributed by atoms with Crippen molar-refractivity contribution in [2.45, 2.75) is 23.7 Å². The summed E-state index contributed by atoms with van der Waals surface area (Å²) in [7, 11) is -3.60. The van der Waals surface area contributed by atoms with Crippen LogP contribution in [-0.4, -0.2) is 41.9 Å². The van der Waals surface area contributed by atoms with Gasteiger partial charge in [-0.05, 0) is 49.2 Å². The summed E-state index contributed by atoms with van der Waals surface area (Å²) in [6.07, 6.45) is 1.20. The number of sulfonamides is 1. The van der Waals surface area contributed by atoms with Crippen LogP contribution in [0, 0.1) is 0 Å². The van der Waals surface area contributed by atoms with Gasteiger partial charge in [0.2, 0.25) is 15.0 Å². The number of piperidine rings is 1. The molecule has 2 aromatic carbocycles. The Balaban J connectivity index is 1.39. The van der Waals surface area contributed by atoms with Gasteiger partial charge in [0, 0.05) is 34.7 Å². The molecule has 0 atom stereocenters. The van der Waals surface area contributed by atoms with E-state index in [-0.39, 0.29) is 21.7 Å². The SMILES string of the molecule is O=C(Nc1cccc(Cl)c1)c1nnc(C2CCN(S(=O)(=O)c3cccc(Cl)c3)CC2)s1. The van der Waals surface area contributed by atoms with Gasteiger partial charge in [-0.25, -0.2) is 8.42 Å². The van der Waals surface area contributed by atoms with E-state index >= 15 is 0 Å². The topological polar surface area (TPSA) is 92.3 Å². The Labute approximate surface area is 194 Å². The molecule has 0 saturated carbocycles. The lowest BCUT2D eigenvalue weighted by molar-refractivity contribution is 0.102. The Bertz CT molecular complexity index is 1210. The number of amides is 1. The number of benzene rings is 2. The van der Waals surface area contributed by atoms with Crippen molar-refractivity contribution in [2.75, 3.05) is 18.4 Å².